The van der Waals surface area contributed by atoms with Gasteiger partial charge in [-0.05, 0) is 49.7 Å². The maximum atomic E-state index is 6.42. The van der Waals surface area contributed by atoms with Crippen molar-refractivity contribution in [1.82, 2.24) is 19.9 Å². The molecule has 3 aromatic rings. The van der Waals surface area contributed by atoms with Gasteiger partial charge < -0.3 is 4.74 Å². The standard InChI is InChI=1S/C17H16Cl3N5O/c18-11-8-12(19)13(26-6-5-25-3-1-2-4-25)7-10(11)14-15-16(22-9-21-15)24-17(20)23-14/h7-9H,1-6H2,(H,21,22,23,24)/p+1. The SMILES string of the molecule is Clc1nc(-c2cc(OCCN3CCCC3)c(Cl)cc2Cl)c2[nH]c[nH+]c2n1. The van der Waals surface area contributed by atoms with Crippen molar-refractivity contribution in [3.63, 3.8) is 0 Å². The van der Waals surface area contributed by atoms with Gasteiger partial charge in [0.05, 0.1) is 10.0 Å². The number of rotatable bonds is 5. The minimum Gasteiger partial charge on any atom is -0.491 e. The number of imidazole rings is 1. The van der Waals surface area contributed by atoms with Crippen molar-refractivity contribution >= 4 is 46.0 Å². The van der Waals surface area contributed by atoms with Gasteiger partial charge in [-0.1, -0.05) is 28.2 Å². The van der Waals surface area contributed by atoms with E-state index >= 15 is 0 Å². The highest BCUT2D eigenvalue weighted by molar-refractivity contribution is 6.37. The first kappa shape index (κ1) is 17.8. The van der Waals surface area contributed by atoms with Crippen molar-refractivity contribution in [2.24, 2.45) is 0 Å². The van der Waals surface area contributed by atoms with Crippen LogP contribution in [0.4, 0.5) is 0 Å². The third-order valence-corrected chi connectivity index (χ3v) is 5.22. The third-order valence-electron chi connectivity index (χ3n) is 4.45. The molecule has 0 atom stereocenters. The summed E-state index contributed by atoms with van der Waals surface area (Å²) in [6.45, 7) is 3.70. The highest BCUT2D eigenvalue weighted by Gasteiger charge is 2.20. The lowest BCUT2D eigenvalue weighted by Crippen LogP contribution is -2.25. The lowest BCUT2D eigenvalue weighted by Gasteiger charge is -2.16. The molecular formula is C17H17Cl3N5O+. The molecule has 1 aliphatic heterocycles. The Kier molecular flexibility index (Phi) is 5.18. The minimum atomic E-state index is 0.130. The first-order chi connectivity index (χ1) is 12.6. The molecule has 0 aliphatic carbocycles. The molecule has 2 N–H and O–H groups in total. The number of halogens is 3. The molecule has 0 saturated carbocycles. The third kappa shape index (κ3) is 3.60. The summed E-state index contributed by atoms with van der Waals surface area (Å²) >= 11 is 18.8. The molecule has 0 spiro atoms. The van der Waals surface area contributed by atoms with E-state index in [9.17, 15) is 0 Å². The van der Waals surface area contributed by atoms with Gasteiger partial charge in [0.2, 0.25) is 0 Å². The van der Waals surface area contributed by atoms with Crippen molar-refractivity contribution in [2.45, 2.75) is 12.8 Å². The van der Waals surface area contributed by atoms with E-state index in [1.165, 1.54) is 12.8 Å². The summed E-state index contributed by atoms with van der Waals surface area (Å²) in [7, 11) is 0. The number of H-pyrrole nitrogens is 2. The summed E-state index contributed by atoms with van der Waals surface area (Å²) in [6, 6.07) is 3.46. The van der Waals surface area contributed by atoms with E-state index in [-0.39, 0.29) is 5.28 Å². The molecule has 6 nitrogen and oxygen atoms in total. The number of likely N-dealkylation sites (tertiary alicyclic amines) is 1. The lowest BCUT2D eigenvalue weighted by molar-refractivity contribution is -0.347. The van der Waals surface area contributed by atoms with E-state index in [1.54, 1.807) is 18.5 Å². The normalized spacial score (nSPS) is 15.0. The number of aromatic amines is 2. The van der Waals surface area contributed by atoms with Crippen LogP contribution < -0.4 is 9.72 Å². The van der Waals surface area contributed by atoms with Gasteiger partial charge in [-0.3, -0.25) is 9.88 Å². The molecule has 1 fully saturated rings. The summed E-state index contributed by atoms with van der Waals surface area (Å²) in [5, 5.41) is 1.06. The Labute approximate surface area is 165 Å². The van der Waals surface area contributed by atoms with E-state index in [0.717, 1.165) is 19.6 Å². The second kappa shape index (κ2) is 7.56. The Morgan fingerprint density at radius 3 is 2.73 bits per heavy atom. The molecule has 9 heteroatoms. The van der Waals surface area contributed by atoms with Crippen LogP contribution in [0.2, 0.25) is 15.3 Å². The Bertz CT molecular complexity index is 940. The number of hydrogen-bond acceptors (Lipinski definition) is 4. The molecule has 26 heavy (non-hydrogen) atoms. The van der Waals surface area contributed by atoms with E-state index in [2.05, 4.69) is 24.8 Å². The molecule has 1 saturated heterocycles. The van der Waals surface area contributed by atoms with Crippen LogP contribution >= 0.6 is 34.8 Å². The highest BCUT2D eigenvalue weighted by atomic mass is 35.5. The van der Waals surface area contributed by atoms with Crippen LogP contribution in [0.15, 0.2) is 18.5 Å². The van der Waals surface area contributed by atoms with Gasteiger partial charge >= 0.3 is 5.65 Å². The molecule has 0 unspecified atom stereocenters. The molecule has 0 radical (unpaired) electrons. The molecule has 2 aromatic heterocycles. The monoisotopic (exact) mass is 412 g/mol. The van der Waals surface area contributed by atoms with E-state index in [1.807, 2.05) is 0 Å². The number of ether oxygens (including phenoxy) is 1. The van der Waals surface area contributed by atoms with Gasteiger partial charge in [-0.25, -0.2) is 4.98 Å². The summed E-state index contributed by atoms with van der Waals surface area (Å²) in [5.74, 6) is 0.573. The average Bonchev–Trinajstić information content (AvgIpc) is 3.27. The number of benzene rings is 1. The van der Waals surface area contributed by atoms with E-state index in [4.69, 9.17) is 39.5 Å². The highest BCUT2D eigenvalue weighted by Crippen LogP contribution is 2.38. The van der Waals surface area contributed by atoms with Crippen LogP contribution in [0.25, 0.3) is 22.4 Å². The Morgan fingerprint density at radius 1 is 1.12 bits per heavy atom. The molecule has 3 heterocycles. The zero-order valence-corrected chi connectivity index (χ0v) is 16.1. The van der Waals surface area contributed by atoms with Crippen molar-refractivity contribution in [3.05, 3.63) is 33.8 Å². The number of nitrogens with one attached hydrogen (secondary N) is 2. The molecular weight excluding hydrogens is 397 g/mol. The second-order valence-electron chi connectivity index (χ2n) is 6.16. The van der Waals surface area contributed by atoms with Crippen molar-refractivity contribution in [3.8, 4) is 17.0 Å². The zero-order valence-electron chi connectivity index (χ0n) is 13.9. The van der Waals surface area contributed by atoms with Gasteiger partial charge in [0.15, 0.2) is 11.8 Å². The van der Waals surface area contributed by atoms with E-state index < -0.39 is 0 Å². The van der Waals surface area contributed by atoms with Gasteiger partial charge in [-0.2, -0.15) is 4.98 Å². The smallest absolute Gasteiger partial charge is 0.305 e. The van der Waals surface area contributed by atoms with Gasteiger partial charge in [0.1, 0.15) is 18.1 Å². The first-order valence-corrected chi connectivity index (χ1v) is 9.52. The molecule has 136 valence electrons. The summed E-state index contributed by atoms with van der Waals surface area (Å²) in [5.41, 5.74) is 2.58. The van der Waals surface area contributed by atoms with E-state index in [0.29, 0.717) is 44.8 Å². The number of nitrogens with zero attached hydrogens (tertiary/aromatic N) is 3. The maximum absolute atomic E-state index is 6.42. The second-order valence-corrected chi connectivity index (χ2v) is 7.31. The predicted molar refractivity (Wildman–Crippen MR) is 102 cm³/mol. The van der Waals surface area contributed by atoms with Crippen LogP contribution in [-0.2, 0) is 0 Å². The van der Waals surface area contributed by atoms with Crippen LogP contribution in [-0.4, -0.2) is 46.1 Å². The molecule has 0 amide bonds. The topological polar surface area (TPSA) is 68.2 Å². The van der Waals surface area contributed by atoms with Crippen molar-refractivity contribution in [1.29, 1.82) is 0 Å². The van der Waals surface area contributed by atoms with Gasteiger partial charge in [0.25, 0.3) is 5.28 Å². The van der Waals surface area contributed by atoms with Crippen LogP contribution in [0.5, 0.6) is 5.75 Å². The summed E-state index contributed by atoms with van der Waals surface area (Å²) < 4.78 is 5.91. The molecule has 0 bridgehead atoms. The quantitative estimate of drug-likeness (QED) is 0.645. The summed E-state index contributed by atoms with van der Waals surface area (Å²) in [4.78, 5) is 16.9. The fourth-order valence-corrected chi connectivity index (χ4v) is 3.85. The van der Waals surface area contributed by atoms with Crippen molar-refractivity contribution in [2.75, 3.05) is 26.2 Å². The number of fused-ring (bicyclic) bond motifs is 1. The lowest BCUT2D eigenvalue weighted by atomic mass is 10.1. The minimum absolute atomic E-state index is 0.130. The Hall–Kier alpha value is -1.60. The first-order valence-electron chi connectivity index (χ1n) is 8.38. The van der Waals surface area contributed by atoms with Crippen LogP contribution in [0.3, 0.4) is 0 Å². The number of hydrogen-bond donors (Lipinski definition) is 1. The number of aromatic nitrogens is 4. The van der Waals surface area contributed by atoms with Gasteiger partial charge in [-0.15, -0.1) is 0 Å². The van der Waals surface area contributed by atoms with Crippen LogP contribution in [0.1, 0.15) is 12.8 Å². The average molecular weight is 414 g/mol. The van der Waals surface area contributed by atoms with Crippen LogP contribution in [0, 0.1) is 0 Å². The molecule has 4 rings (SSSR count). The fourth-order valence-electron chi connectivity index (χ4n) is 3.16. The summed E-state index contributed by atoms with van der Waals surface area (Å²) in [6.07, 6.45) is 4.17. The van der Waals surface area contributed by atoms with Gasteiger partial charge in [0, 0.05) is 12.1 Å². The van der Waals surface area contributed by atoms with Crippen molar-refractivity contribution < 1.29 is 9.72 Å². The molecule has 1 aromatic carbocycles. The zero-order chi connectivity index (χ0) is 18.1. The Balaban J connectivity index is 1.64. The Morgan fingerprint density at radius 2 is 1.92 bits per heavy atom. The predicted octanol–water partition coefficient (Wildman–Crippen LogP) is 3.87. The fraction of sp³-hybridized carbons (Fsp3) is 0.353. The molecule has 1 aliphatic rings. The largest absolute Gasteiger partial charge is 0.491 e. The maximum Gasteiger partial charge on any atom is 0.305 e.